The zero-order valence-corrected chi connectivity index (χ0v) is 12.3. The van der Waals surface area contributed by atoms with Crippen LogP contribution < -0.4 is 11.2 Å². The van der Waals surface area contributed by atoms with Gasteiger partial charge in [0.05, 0.1) is 18.8 Å². The minimum absolute atomic E-state index is 0.0989. The predicted octanol–water partition coefficient (Wildman–Crippen LogP) is 0.259. The molecule has 1 heterocycles. The zero-order chi connectivity index (χ0) is 16.3. The molecular formula is C15H17N3O4. The van der Waals surface area contributed by atoms with E-state index in [1.165, 1.54) is 0 Å². The molecule has 0 amide bonds. The summed E-state index contributed by atoms with van der Waals surface area (Å²) in [6, 6.07) is 5.24. The lowest BCUT2D eigenvalue weighted by atomic mass is 10.1. The summed E-state index contributed by atoms with van der Waals surface area (Å²) in [6.07, 6.45) is 1.14. The molecule has 7 heteroatoms. The molecule has 2 rings (SSSR count). The van der Waals surface area contributed by atoms with Gasteiger partial charge in [-0.25, -0.2) is 9.36 Å². The van der Waals surface area contributed by atoms with Crippen LogP contribution in [-0.2, 0) is 0 Å². The van der Waals surface area contributed by atoms with Crippen LogP contribution in [0.15, 0.2) is 32.8 Å². The molecule has 7 nitrogen and oxygen atoms in total. The standard InChI is InChI=1S/C15H17N3O4/c1-9-3-4-11(7-10(9)2)18-14(21)12(8-16-5-6-19)13(20)17-15(18)22/h3-4,7-8,19,21H,5-6H2,1-2H3,(H,17,20,22). The summed E-state index contributed by atoms with van der Waals surface area (Å²) in [5, 5.41) is 19.0. The monoisotopic (exact) mass is 303 g/mol. The van der Waals surface area contributed by atoms with E-state index in [4.69, 9.17) is 5.11 Å². The molecule has 0 radical (unpaired) electrons. The summed E-state index contributed by atoms with van der Waals surface area (Å²) in [5.74, 6) is -0.487. The van der Waals surface area contributed by atoms with Crippen LogP contribution in [0, 0.1) is 13.8 Å². The number of aliphatic imine (C=N–C) groups is 1. The van der Waals surface area contributed by atoms with Gasteiger partial charge in [-0.2, -0.15) is 0 Å². The van der Waals surface area contributed by atoms with Crippen molar-refractivity contribution in [3.63, 3.8) is 0 Å². The molecule has 3 N–H and O–H groups in total. The Morgan fingerprint density at radius 2 is 2.00 bits per heavy atom. The van der Waals surface area contributed by atoms with Crippen LogP contribution in [-0.4, -0.2) is 39.1 Å². The minimum atomic E-state index is -0.732. The van der Waals surface area contributed by atoms with Crippen LogP contribution in [0.25, 0.3) is 5.69 Å². The maximum Gasteiger partial charge on any atom is 0.335 e. The molecule has 0 saturated heterocycles. The van der Waals surface area contributed by atoms with Crippen molar-refractivity contribution >= 4 is 6.21 Å². The van der Waals surface area contributed by atoms with Gasteiger partial charge in [-0.05, 0) is 37.1 Å². The van der Waals surface area contributed by atoms with E-state index in [-0.39, 0.29) is 18.7 Å². The van der Waals surface area contributed by atoms with Crippen molar-refractivity contribution in [2.75, 3.05) is 13.2 Å². The normalized spacial score (nSPS) is 11.2. The Bertz CT molecular complexity index is 834. The van der Waals surface area contributed by atoms with E-state index in [1.54, 1.807) is 12.1 Å². The number of H-pyrrole nitrogens is 1. The van der Waals surface area contributed by atoms with E-state index in [1.807, 2.05) is 19.9 Å². The number of aliphatic hydroxyl groups excluding tert-OH is 1. The molecule has 22 heavy (non-hydrogen) atoms. The smallest absolute Gasteiger partial charge is 0.335 e. The molecule has 0 unspecified atom stereocenters. The number of hydrogen-bond acceptors (Lipinski definition) is 5. The van der Waals surface area contributed by atoms with Crippen LogP contribution in [0.1, 0.15) is 16.7 Å². The first kappa shape index (κ1) is 15.7. The van der Waals surface area contributed by atoms with Gasteiger partial charge in [0, 0.05) is 6.21 Å². The van der Waals surface area contributed by atoms with E-state index in [0.29, 0.717) is 5.69 Å². The summed E-state index contributed by atoms with van der Waals surface area (Å²) in [4.78, 5) is 29.7. The Morgan fingerprint density at radius 3 is 2.64 bits per heavy atom. The lowest BCUT2D eigenvalue weighted by molar-refractivity contribution is 0.307. The molecular weight excluding hydrogens is 286 g/mol. The fraction of sp³-hybridized carbons (Fsp3) is 0.267. The zero-order valence-electron chi connectivity index (χ0n) is 12.3. The molecule has 0 atom stereocenters. The fourth-order valence-electron chi connectivity index (χ4n) is 1.97. The summed E-state index contributed by atoms with van der Waals surface area (Å²) >= 11 is 0. The van der Waals surface area contributed by atoms with Gasteiger partial charge in [0.1, 0.15) is 5.56 Å². The molecule has 1 aromatic carbocycles. The largest absolute Gasteiger partial charge is 0.493 e. The maximum atomic E-state index is 12.0. The Balaban J connectivity index is 2.66. The highest BCUT2D eigenvalue weighted by Crippen LogP contribution is 2.18. The number of benzene rings is 1. The lowest BCUT2D eigenvalue weighted by Gasteiger charge is -2.11. The third-order valence-electron chi connectivity index (χ3n) is 3.32. The molecule has 1 aromatic heterocycles. The number of aliphatic hydroxyl groups is 1. The van der Waals surface area contributed by atoms with E-state index in [2.05, 4.69) is 9.98 Å². The minimum Gasteiger partial charge on any atom is -0.493 e. The number of nitrogens with one attached hydrogen (secondary N) is 1. The van der Waals surface area contributed by atoms with Crippen molar-refractivity contribution in [1.82, 2.24) is 9.55 Å². The van der Waals surface area contributed by atoms with Crippen LogP contribution in [0.3, 0.4) is 0 Å². The first-order valence-electron chi connectivity index (χ1n) is 6.72. The summed E-state index contributed by atoms with van der Waals surface area (Å²) in [5.41, 5.74) is 0.843. The number of hydrogen-bond donors (Lipinski definition) is 3. The molecule has 0 aliphatic rings. The highest BCUT2D eigenvalue weighted by Gasteiger charge is 2.14. The molecule has 2 aromatic rings. The molecule has 0 bridgehead atoms. The van der Waals surface area contributed by atoms with Crippen molar-refractivity contribution in [2.24, 2.45) is 4.99 Å². The molecule has 116 valence electrons. The number of aromatic hydroxyl groups is 1. The van der Waals surface area contributed by atoms with Crippen molar-refractivity contribution in [2.45, 2.75) is 13.8 Å². The number of rotatable bonds is 4. The SMILES string of the molecule is Cc1ccc(-n2c(O)c(C=NCCO)c(=O)[nH]c2=O)cc1C. The predicted molar refractivity (Wildman–Crippen MR) is 83.3 cm³/mol. The summed E-state index contributed by atoms with van der Waals surface area (Å²) < 4.78 is 1.01. The van der Waals surface area contributed by atoms with Gasteiger partial charge in [0.25, 0.3) is 5.56 Å². The number of aromatic amines is 1. The quantitative estimate of drug-likeness (QED) is 0.704. The lowest BCUT2D eigenvalue weighted by Crippen LogP contribution is -2.31. The average molecular weight is 303 g/mol. The second kappa shape index (κ2) is 6.40. The molecule has 0 fully saturated rings. The van der Waals surface area contributed by atoms with Crippen molar-refractivity contribution in [1.29, 1.82) is 0 Å². The van der Waals surface area contributed by atoms with E-state index >= 15 is 0 Å². The number of aryl methyl sites for hydroxylation is 2. The molecule has 0 spiro atoms. The van der Waals surface area contributed by atoms with E-state index < -0.39 is 17.1 Å². The second-order valence-electron chi connectivity index (χ2n) is 4.86. The number of aromatic nitrogens is 2. The van der Waals surface area contributed by atoms with Crippen molar-refractivity contribution in [3.05, 3.63) is 55.7 Å². The van der Waals surface area contributed by atoms with Crippen molar-refractivity contribution < 1.29 is 10.2 Å². The van der Waals surface area contributed by atoms with Gasteiger partial charge in [0.2, 0.25) is 5.88 Å². The Kier molecular flexibility index (Phi) is 4.57. The van der Waals surface area contributed by atoms with Gasteiger partial charge in [0.15, 0.2) is 0 Å². The topological polar surface area (TPSA) is 108 Å². The highest BCUT2D eigenvalue weighted by molar-refractivity contribution is 5.82. The van der Waals surface area contributed by atoms with E-state index in [0.717, 1.165) is 21.9 Å². The first-order chi connectivity index (χ1) is 10.5. The third kappa shape index (κ3) is 2.99. The van der Waals surface area contributed by atoms with Gasteiger partial charge in [-0.15, -0.1) is 0 Å². The van der Waals surface area contributed by atoms with Gasteiger partial charge < -0.3 is 10.2 Å². The van der Waals surface area contributed by atoms with E-state index in [9.17, 15) is 14.7 Å². The Morgan fingerprint density at radius 1 is 1.27 bits per heavy atom. The highest BCUT2D eigenvalue weighted by atomic mass is 16.3. The Labute approximate surface area is 126 Å². The van der Waals surface area contributed by atoms with Crippen LogP contribution >= 0.6 is 0 Å². The van der Waals surface area contributed by atoms with Crippen LogP contribution in [0.2, 0.25) is 0 Å². The second-order valence-corrected chi connectivity index (χ2v) is 4.86. The van der Waals surface area contributed by atoms with Gasteiger partial charge in [-0.1, -0.05) is 6.07 Å². The average Bonchev–Trinajstić information content (AvgIpc) is 2.46. The summed E-state index contributed by atoms with van der Waals surface area (Å²) in [6.45, 7) is 3.74. The third-order valence-corrected chi connectivity index (χ3v) is 3.32. The van der Waals surface area contributed by atoms with Crippen LogP contribution in [0.4, 0.5) is 0 Å². The number of nitrogens with zero attached hydrogens (tertiary/aromatic N) is 2. The first-order valence-corrected chi connectivity index (χ1v) is 6.72. The van der Waals surface area contributed by atoms with Gasteiger partial charge in [-0.3, -0.25) is 14.8 Å². The summed E-state index contributed by atoms with van der Waals surface area (Å²) in [7, 11) is 0. The molecule has 0 aliphatic carbocycles. The fourth-order valence-corrected chi connectivity index (χ4v) is 1.97. The Hall–Kier alpha value is -2.67. The maximum absolute atomic E-state index is 12.0. The molecule has 0 aliphatic heterocycles. The van der Waals surface area contributed by atoms with Gasteiger partial charge >= 0.3 is 5.69 Å². The van der Waals surface area contributed by atoms with Crippen LogP contribution in [0.5, 0.6) is 5.88 Å². The van der Waals surface area contributed by atoms with Crippen molar-refractivity contribution in [3.8, 4) is 11.6 Å². The molecule has 0 saturated carbocycles.